The molecule has 220 valence electrons. The first-order chi connectivity index (χ1) is 19.8. The number of halogens is 1. The van der Waals surface area contributed by atoms with E-state index >= 15 is 0 Å². The molecule has 1 spiro atoms. The number of hydrogen-bond acceptors (Lipinski definition) is 9. The Morgan fingerprint density at radius 1 is 1.29 bits per heavy atom. The average Bonchev–Trinajstić information content (AvgIpc) is 3.56. The summed E-state index contributed by atoms with van der Waals surface area (Å²) in [5.41, 5.74) is -0.303. The summed E-state index contributed by atoms with van der Waals surface area (Å²) >= 11 is 0. The number of ketones is 1. The smallest absolute Gasteiger partial charge is 0.246 e. The van der Waals surface area contributed by atoms with E-state index in [0.717, 1.165) is 24.9 Å². The summed E-state index contributed by atoms with van der Waals surface area (Å²) in [7, 11) is 2.10. The third-order valence-electron chi connectivity index (χ3n) is 9.72. The second-order valence-electron chi connectivity index (χ2n) is 12.1. The van der Waals surface area contributed by atoms with Crippen LogP contribution in [-0.2, 0) is 20.7 Å². The lowest BCUT2D eigenvalue weighted by Crippen LogP contribution is -2.75. The largest absolute Gasteiger partial charge is 0.479 e. The Bertz CT molecular complexity index is 1240. The average molecular weight is 567 g/mol. The molecule has 4 heterocycles. The van der Waals surface area contributed by atoms with Crippen molar-refractivity contribution in [1.82, 2.24) is 25.3 Å². The number of likely N-dealkylation sites (N-methyl/N-ethyl adjacent to an activating group) is 1. The zero-order chi connectivity index (χ0) is 28.7. The maximum Gasteiger partial charge on any atom is 0.246 e. The Kier molecular flexibility index (Phi) is 7.87. The molecule has 0 radical (unpaired) electrons. The number of likely N-dealkylation sites (tertiary alicyclic amines) is 1. The lowest BCUT2D eigenvalue weighted by Gasteiger charge is -2.53. The Hall–Kier alpha value is -2.88. The maximum atomic E-state index is 14.3. The lowest BCUT2D eigenvalue weighted by molar-refractivity contribution is -0.157. The highest BCUT2D eigenvalue weighted by Crippen LogP contribution is 2.45. The van der Waals surface area contributed by atoms with Gasteiger partial charge < -0.3 is 19.3 Å². The van der Waals surface area contributed by atoms with Gasteiger partial charge in [-0.3, -0.25) is 25.1 Å². The summed E-state index contributed by atoms with van der Waals surface area (Å²) in [4.78, 5) is 33.1. The van der Waals surface area contributed by atoms with Crippen molar-refractivity contribution in [3.05, 3.63) is 42.2 Å². The van der Waals surface area contributed by atoms with Crippen LogP contribution in [0.25, 0.3) is 0 Å². The van der Waals surface area contributed by atoms with Gasteiger partial charge >= 0.3 is 0 Å². The SMILES string of the molecule is C=CC(=O)N1CCN(C2NC(OCC3CCCN3C)NC3C(=O)[C@]4(CCC32)Cc2cc(F)ccc2O4)CC1CC#N. The van der Waals surface area contributed by atoms with Crippen LogP contribution in [0, 0.1) is 23.1 Å². The van der Waals surface area contributed by atoms with Gasteiger partial charge in [0.2, 0.25) is 5.91 Å². The van der Waals surface area contributed by atoms with Gasteiger partial charge in [-0.05, 0) is 63.6 Å². The summed E-state index contributed by atoms with van der Waals surface area (Å²) in [6.45, 7) is 6.78. The molecule has 41 heavy (non-hydrogen) atoms. The van der Waals surface area contributed by atoms with E-state index in [0.29, 0.717) is 57.3 Å². The number of nitrogens with zero attached hydrogens (tertiary/aromatic N) is 4. The summed E-state index contributed by atoms with van der Waals surface area (Å²) in [5.74, 6) is -0.0415. The molecular formula is C30H39FN6O4. The van der Waals surface area contributed by atoms with E-state index in [1.54, 1.807) is 11.0 Å². The van der Waals surface area contributed by atoms with E-state index in [9.17, 15) is 19.2 Å². The van der Waals surface area contributed by atoms with Gasteiger partial charge in [-0.1, -0.05) is 6.58 Å². The molecular weight excluding hydrogens is 527 g/mol. The number of benzene rings is 1. The van der Waals surface area contributed by atoms with Gasteiger partial charge in [-0.25, -0.2) is 4.39 Å². The van der Waals surface area contributed by atoms with E-state index in [4.69, 9.17) is 9.47 Å². The van der Waals surface area contributed by atoms with Crippen LogP contribution in [-0.4, -0.2) is 102 Å². The van der Waals surface area contributed by atoms with Crippen molar-refractivity contribution in [2.75, 3.05) is 39.8 Å². The topological polar surface area (TPSA) is 110 Å². The van der Waals surface area contributed by atoms with Crippen LogP contribution < -0.4 is 15.4 Å². The maximum absolute atomic E-state index is 14.3. The minimum absolute atomic E-state index is 0.0301. The Labute approximate surface area is 240 Å². The second kappa shape index (κ2) is 11.4. The minimum Gasteiger partial charge on any atom is -0.479 e. The number of rotatable bonds is 6. The monoisotopic (exact) mass is 566 g/mol. The fourth-order valence-corrected chi connectivity index (χ4v) is 7.50. The number of Topliss-reactive ketones (excluding diaryl/α,β-unsaturated/α-hetero) is 1. The molecule has 6 unspecified atom stereocenters. The molecule has 1 aliphatic carbocycles. The first kappa shape index (κ1) is 28.2. The highest BCUT2D eigenvalue weighted by Gasteiger charge is 2.58. The first-order valence-electron chi connectivity index (χ1n) is 14.7. The number of hydrogen-bond donors (Lipinski definition) is 2. The van der Waals surface area contributed by atoms with Crippen molar-refractivity contribution in [3.8, 4) is 11.8 Å². The van der Waals surface area contributed by atoms with Gasteiger partial charge in [-0.15, -0.1) is 0 Å². The summed E-state index contributed by atoms with van der Waals surface area (Å²) in [6, 6.07) is 6.19. The van der Waals surface area contributed by atoms with Gasteiger partial charge in [-0.2, -0.15) is 5.26 Å². The number of piperazine rings is 1. The lowest BCUT2D eigenvalue weighted by atomic mass is 9.70. The van der Waals surface area contributed by atoms with Crippen LogP contribution in [0.1, 0.15) is 37.7 Å². The number of nitrogens with one attached hydrogen (secondary N) is 2. The number of carbonyl (C=O) groups is 2. The Balaban J connectivity index is 1.24. The zero-order valence-electron chi connectivity index (χ0n) is 23.6. The summed E-state index contributed by atoms with van der Waals surface area (Å²) < 4.78 is 26.7. The van der Waals surface area contributed by atoms with Crippen LogP contribution in [0.3, 0.4) is 0 Å². The van der Waals surface area contributed by atoms with Gasteiger partial charge in [0.25, 0.3) is 0 Å². The number of nitriles is 1. The zero-order valence-corrected chi connectivity index (χ0v) is 23.6. The molecule has 1 amide bonds. The van der Waals surface area contributed by atoms with Gasteiger partial charge in [0, 0.05) is 43.6 Å². The van der Waals surface area contributed by atoms with Crippen molar-refractivity contribution < 1.29 is 23.5 Å². The van der Waals surface area contributed by atoms with Gasteiger partial charge in [0.15, 0.2) is 17.7 Å². The molecule has 0 aromatic heterocycles. The first-order valence-corrected chi connectivity index (χ1v) is 14.7. The highest BCUT2D eigenvalue weighted by atomic mass is 19.1. The van der Waals surface area contributed by atoms with Crippen LogP contribution >= 0.6 is 0 Å². The summed E-state index contributed by atoms with van der Waals surface area (Å²) in [6.07, 6.45) is 4.56. The fourth-order valence-electron chi connectivity index (χ4n) is 7.50. The molecule has 6 rings (SSSR count). The molecule has 2 N–H and O–H groups in total. The predicted octanol–water partition coefficient (Wildman–Crippen LogP) is 1.37. The molecule has 4 fully saturated rings. The standard InChI is InChI=1S/C30H39FN6O4/c1-3-25(38)37-14-13-36(17-21(37)9-11-32)28-23-8-10-30(16-19-15-20(31)6-7-24(19)41-30)27(39)26(23)33-29(34-28)40-18-22-5-4-12-35(22)2/h3,6-7,15,21-23,26,28-29,33-34H,1,4-5,8-10,12-14,16-18H2,2H3/t21?,22?,23?,26?,28?,29?,30-/m0/s1. The van der Waals surface area contributed by atoms with Crippen molar-refractivity contribution >= 4 is 11.7 Å². The molecule has 3 saturated heterocycles. The third kappa shape index (κ3) is 5.28. The van der Waals surface area contributed by atoms with Crippen molar-refractivity contribution in [2.45, 2.75) is 74.8 Å². The number of ether oxygens (including phenoxy) is 2. The Morgan fingerprint density at radius 2 is 2.15 bits per heavy atom. The van der Waals surface area contributed by atoms with Gasteiger partial charge in [0.05, 0.1) is 37.3 Å². The quantitative estimate of drug-likeness (QED) is 0.494. The number of amides is 1. The number of fused-ring (bicyclic) bond motifs is 2. The molecule has 11 heteroatoms. The normalized spacial score (nSPS) is 35.5. The predicted molar refractivity (Wildman–Crippen MR) is 148 cm³/mol. The molecule has 1 aromatic carbocycles. The van der Waals surface area contributed by atoms with Crippen LogP contribution in [0.5, 0.6) is 5.75 Å². The summed E-state index contributed by atoms with van der Waals surface area (Å²) in [5, 5.41) is 16.6. The minimum atomic E-state index is -1.03. The molecule has 4 aliphatic heterocycles. The Morgan fingerprint density at radius 3 is 2.90 bits per heavy atom. The van der Waals surface area contributed by atoms with E-state index < -0.39 is 18.0 Å². The van der Waals surface area contributed by atoms with Crippen molar-refractivity contribution in [1.29, 1.82) is 5.26 Å². The third-order valence-corrected chi connectivity index (χ3v) is 9.72. The van der Waals surface area contributed by atoms with E-state index in [-0.39, 0.29) is 42.1 Å². The molecule has 1 saturated carbocycles. The second-order valence-corrected chi connectivity index (χ2v) is 12.1. The molecule has 0 bridgehead atoms. The highest BCUT2D eigenvalue weighted by molar-refractivity contribution is 5.95. The van der Waals surface area contributed by atoms with E-state index in [1.165, 1.54) is 18.2 Å². The van der Waals surface area contributed by atoms with E-state index in [2.05, 4.69) is 40.1 Å². The molecule has 5 aliphatic rings. The molecule has 7 atom stereocenters. The molecule has 10 nitrogen and oxygen atoms in total. The number of carbonyl (C=O) groups excluding carboxylic acids is 2. The van der Waals surface area contributed by atoms with E-state index in [1.807, 2.05) is 0 Å². The van der Waals surface area contributed by atoms with Gasteiger partial charge in [0.1, 0.15) is 11.6 Å². The van der Waals surface area contributed by atoms with Crippen LogP contribution in [0.15, 0.2) is 30.9 Å². The van der Waals surface area contributed by atoms with Crippen molar-refractivity contribution in [2.24, 2.45) is 5.92 Å². The molecule has 1 aromatic rings. The van der Waals surface area contributed by atoms with Crippen molar-refractivity contribution in [3.63, 3.8) is 0 Å². The van der Waals surface area contributed by atoms with Crippen LogP contribution in [0.4, 0.5) is 4.39 Å². The fraction of sp³-hybridized carbons (Fsp3) is 0.633. The van der Waals surface area contributed by atoms with Crippen LogP contribution in [0.2, 0.25) is 0 Å².